The van der Waals surface area contributed by atoms with E-state index in [4.69, 9.17) is 9.73 Å². The van der Waals surface area contributed by atoms with Gasteiger partial charge in [-0.2, -0.15) is 0 Å². The molecule has 2 aliphatic heterocycles. The first-order valence-corrected chi connectivity index (χ1v) is 10.9. The van der Waals surface area contributed by atoms with Crippen molar-refractivity contribution in [2.24, 2.45) is 4.99 Å². The van der Waals surface area contributed by atoms with Crippen molar-refractivity contribution < 1.29 is 13.2 Å². The summed E-state index contributed by atoms with van der Waals surface area (Å²) in [6, 6.07) is 9.44. The zero-order chi connectivity index (χ0) is 18.4. The van der Waals surface area contributed by atoms with Crippen LogP contribution in [0.15, 0.2) is 46.4 Å². The van der Waals surface area contributed by atoms with Crippen molar-refractivity contribution in [1.82, 2.24) is 4.98 Å². The van der Waals surface area contributed by atoms with Gasteiger partial charge in [-0.1, -0.05) is 6.07 Å². The SMILES string of the molecule is O=S(=O)(c1ccc2c(c1)C(c1ccnc(N3CCOCC3)c1)=NC2)C1CC1. The van der Waals surface area contributed by atoms with Crippen LogP contribution >= 0.6 is 0 Å². The number of hydrogen-bond donors (Lipinski definition) is 0. The zero-order valence-corrected chi connectivity index (χ0v) is 15.8. The topological polar surface area (TPSA) is 71.9 Å². The van der Waals surface area contributed by atoms with Crippen LogP contribution in [0.1, 0.15) is 29.5 Å². The van der Waals surface area contributed by atoms with E-state index in [2.05, 4.69) is 9.88 Å². The number of nitrogens with zero attached hydrogens (tertiary/aromatic N) is 3. The Hall–Kier alpha value is -2.25. The van der Waals surface area contributed by atoms with Gasteiger partial charge in [0.15, 0.2) is 9.84 Å². The Morgan fingerprint density at radius 2 is 1.89 bits per heavy atom. The molecule has 1 aromatic heterocycles. The van der Waals surface area contributed by atoms with Crippen molar-refractivity contribution in [3.63, 3.8) is 0 Å². The predicted octanol–water partition coefficient (Wildman–Crippen LogP) is 2.21. The highest BCUT2D eigenvalue weighted by molar-refractivity contribution is 7.92. The Kier molecular flexibility index (Phi) is 4.02. The smallest absolute Gasteiger partial charge is 0.181 e. The predicted molar refractivity (Wildman–Crippen MR) is 103 cm³/mol. The van der Waals surface area contributed by atoms with Crippen LogP contribution in [0, 0.1) is 0 Å². The van der Waals surface area contributed by atoms with E-state index in [9.17, 15) is 8.42 Å². The van der Waals surface area contributed by atoms with Gasteiger partial charge in [0.25, 0.3) is 0 Å². The number of anilines is 1. The number of fused-ring (bicyclic) bond motifs is 1. The first kappa shape index (κ1) is 16.9. The molecule has 140 valence electrons. The van der Waals surface area contributed by atoms with Crippen LogP contribution < -0.4 is 4.90 Å². The number of ether oxygens (including phenoxy) is 1. The third-order valence-corrected chi connectivity index (χ3v) is 7.65. The monoisotopic (exact) mass is 383 g/mol. The fourth-order valence-corrected chi connectivity index (χ4v) is 5.37. The van der Waals surface area contributed by atoms with Gasteiger partial charge in [-0.3, -0.25) is 4.99 Å². The minimum atomic E-state index is -3.21. The first-order valence-electron chi connectivity index (χ1n) is 9.34. The molecular formula is C20H21N3O3S. The second-order valence-corrected chi connectivity index (χ2v) is 9.46. The molecule has 1 aromatic carbocycles. The van der Waals surface area contributed by atoms with Crippen LogP contribution in [0.5, 0.6) is 0 Å². The summed E-state index contributed by atoms with van der Waals surface area (Å²) in [4.78, 5) is 11.8. The third-order valence-electron chi connectivity index (χ3n) is 5.39. The Labute approximate surface area is 158 Å². The van der Waals surface area contributed by atoms with Gasteiger partial charge in [-0.25, -0.2) is 13.4 Å². The number of hydrogen-bond acceptors (Lipinski definition) is 6. The average Bonchev–Trinajstić information content (AvgIpc) is 3.49. The number of aliphatic imine (C=N–C) groups is 1. The summed E-state index contributed by atoms with van der Waals surface area (Å²) in [7, 11) is -3.21. The molecule has 2 aromatic rings. The van der Waals surface area contributed by atoms with Gasteiger partial charge in [-0.05, 0) is 42.7 Å². The minimum absolute atomic E-state index is 0.203. The van der Waals surface area contributed by atoms with Crippen molar-refractivity contribution in [2.75, 3.05) is 31.2 Å². The van der Waals surface area contributed by atoms with E-state index in [1.807, 2.05) is 24.3 Å². The van der Waals surface area contributed by atoms with Crippen LogP contribution in [0.3, 0.4) is 0 Å². The van der Waals surface area contributed by atoms with Crippen LogP contribution in [0.2, 0.25) is 0 Å². The van der Waals surface area contributed by atoms with Crippen molar-refractivity contribution in [1.29, 1.82) is 0 Å². The molecule has 0 N–H and O–H groups in total. The lowest BCUT2D eigenvalue weighted by molar-refractivity contribution is 0.122. The van der Waals surface area contributed by atoms with Gasteiger partial charge in [-0.15, -0.1) is 0 Å². The largest absolute Gasteiger partial charge is 0.378 e. The second-order valence-electron chi connectivity index (χ2n) is 7.23. The number of pyridine rings is 1. The zero-order valence-electron chi connectivity index (χ0n) is 15.0. The Bertz CT molecular complexity index is 1020. The maximum absolute atomic E-state index is 12.6. The lowest BCUT2D eigenvalue weighted by Crippen LogP contribution is -2.36. The van der Waals surface area contributed by atoms with Gasteiger partial charge in [0.2, 0.25) is 0 Å². The highest BCUT2D eigenvalue weighted by atomic mass is 32.2. The molecule has 3 aliphatic rings. The van der Waals surface area contributed by atoms with Crippen molar-refractivity contribution in [3.8, 4) is 0 Å². The normalized spacial score (nSPS) is 19.7. The summed E-state index contributed by atoms with van der Waals surface area (Å²) < 4.78 is 30.7. The first-order chi connectivity index (χ1) is 13.1. The van der Waals surface area contributed by atoms with Crippen LogP contribution in [0.4, 0.5) is 5.82 Å². The summed E-state index contributed by atoms with van der Waals surface area (Å²) >= 11 is 0. The Balaban J connectivity index is 1.50. The molecule has 0 bridgehead atoms. The molecule has 6 nitrogen and oxygen atoms in total. The highest BCUT2D eigenvalue weighted by Crippen LogP contribution is 2.35. The molecule has 1 saturated carbocycles. The Morgan fingerprint density at radius 1 is 1.07 bits per heavy atom. The maximum Gasteiger partial charge on any atom is 0.181 e. The van der Waals surface area contributed by atoms with E-state index >= 15 is 0 Å². The maximum atomic E-state index is 12.6. The summed E-state index contributed by atoms with van der Waals surface area (Å²) in [5.41, 5.74) is 3.83. The van der Waals surface area contributed by atoms with E-state index in [0.29, 0.717) is 24.7 Å². The van der Waals surface area contributed by atoms with E-state index in [-0.39, 0.29) is 5.25 Å². The summed E-state index contributed by atoms with van der Waals surface area (Å²) in [6.07, 6.45) is 3.34. The highest BCUT2D eigenvalue weighted by Gasteiger charge is 2.37. The van der Waals surface area contributed by atoms with Gasteiger partial charge in [0.1, 0.15) is 5.82 Å². The quantitative estimate of drug-likeness (QED) is 0.809. The number of morpholine rings is 1. The van der Waals surface area contributed by atoms with Crippen molar-refractivity contribution in [3.05, 3.63) is 53.2 Å². The molecule has 0 radical (unpaired) electrons. The van der Waals surface area contributed by atoms with E-state index in [1.54, 1.807) is 12.3 Å². The van der Waals surface area contributed by atoms with E-state index < -0.39 is 9.84 Å². The van der Waals surface area contributed by atoms with Crippen molar-refractivity contribution >= 4 is 21.4 Å². The van der Waals surface area contributed by atoms with Crippen LogP contribution in [-0.2, 0) is 21.1 Å². The molecular weight excluding hydrogens is 362 g/mol. The third kappa shape index (κ3) is 3.04. The number of aromatic nitrogens is 1. The van der Waals surface area contributed by atoms with Gasteiger partial charge < -0.3 is 9.64 Å². The lowest BCUT2D eigenvalue weighted by Gasteiger charge is -2.28. The minimum Gasteiger partial charge on any atom is -0.378 e. The summed E-state index contributed by atoms with van der Waals surface area (Å²) in [6.45, 7) is 3.65. The second kappa shape index (κ2) is 6.42. The molecule has 1 saturated heterocycles. The number of sulfone groups is 1. The standard InChI is InChI=1S/C20H21N3O3S/c24-27(25,16-3-4-16)17-2-1-15-13-22-20(18(15)12-17)14-5-6-21-19(11-14)23-7-9-26-10-8-23/h1-2,5-6,11-12,16H,3-4,7-10,13H2. The summed E-state index contributed by atoms with van der Waals surface area (Å²) in [5, 5.41) is -0.203. The van der Waals surface area contributed by atoms with Crippen LogP contribution in [-0.4, -0.2) is 50.7 Å². The van der Waals surface area contributed by atoms with Crippen molar-refractivity contribution in [2.45, 2.75) is 29.5 Å². The molecule has 2 fully saturated rings. The lowest BCUT2D eigenvalue weighted by atomic mass is 10.0. The van der Waals surface area contributed by atoms with E-state index in [0.717, 1.165) is 54.2 Å². The van der Waals surface area contributed by atoms with Gasteiger partial charge >= 0.3 is 0 Å². The fourth-order valence-electron chi connectivity index (χ4n) is 3.69. The molecule has 0 atom stereocenters. The molecule has 0 unspecified atom stereocenters. The van der Waals surface area contributed by atoms with Crippen LogP contribution in [0.25, 0.3) is 0 Å². The molecule has 3 heterocycles. The molecule has 27 heavy (non-hydrogen) atoms. The molecule has 0 amide bonds. The summed E-state index contributed by atoms with van der Waals surface area (Å²) in [5.74, 6) is 0.911. The van der Waals surface area contributed by atoms with Gasteiger partial charge in [0, 0.05) is 30.4 Å². The number of benzene rings is 1. The fraction of sp³-hybridized carbons (Fsp3) is 0.400. The van der Waals surface area contributed by atoms with E-state index in [1.165, 1.54) is 0 Å². The molecule has 7 heteroatoms. The van der Waals surface area contributed by atoms with Gasteiger partial charge in [0.05, 0.1) is 35.6 Å². The number of rotatable bonds is 4. The molecule has 0 spiro atoms. The molecule has 1 aliphatic carbocycles. The average molecular weight is 383 g/mol. The Morgan fingerprint density at radius 3 is 2.67 bits per heavy atom. The molecule has 5 rings (SSSR count).